The van der Waals surface area contributed by atoms with Gasteiger partial charge in [0, 0.05) is 43.4 Å². The van der Waals surface area contributed by atoms with Gasteiger partial charge in [0.15, 0.2) is 0 Å². The summed E-state index contributed by atoms with van der Waals surface area (Å²) < 4.78 is 3.87. The fourth-order valence-corrected chi connectivity index (χ4v) is 2.29. The number of hydrogen-bond acceptors (Lipinski definition) is 3. The highest BCUT2D eigenvalue weighted by atomic mass is 15.3. The molecule has 0 aliphatic heterocycles. The molecule has 3 heterocycles. The topological polar surface area (TPSA) is 58.0 Å². The molecule has 5 heteroatoms. The molecule has 5 nitrogen and oxygen atoms in total. The van der Waals surface area contributed by atoms with Crippen molar-refractivity contribution < 1.29 is 0 Å². The van der Waals surface area contributed by atoms with Crippen LogP contribution in [0.15, 0.2) is 49.1 Å². The van der Waals surface area contributed by atoms with Crippen molar-refractivity contribution in [2.24, 2.45) is 0 Å². The number of aromatic nitrogens is 3. The van der Waals surface area contributed by atoms with Crippen molar-refractivity contribution >= 4 is 5.52 Å². The zero-order valence-electron chi connectivity index (χ0n) is 11.0. The summed E-state index contributed by atoms with van der Waals surface area (Å²) in [5.74, 6) is 0. The first-order valence-electron chi connectivity index (χ1n) is 6.55. The average molecular weight is 265 g/mol. The molecule has 0 aliphatic rings. The van der Waals surface area contributed by atoms with Crippen LogP contribution in [0.3, 0.4) is 0 Å². The van der Waals surface area contributed by atoms with Crippen molar-refractivity contribution in [2.75, 3.05) is 6.54 Å². The molecule has 0 atom stereocenters. The first-order chi connectivity index (χ1) is 9.88. The summed E-state index contributed by atoms with van der Waals surface area (Å²) in [6.45, 7) is 2.33. The molecule has 20 heavy (non-hydrogen) atoms. The van der Waals surface area contributed by atoms with Crippen LogP contribution in [-0.4, -0.2) is 20.7 Å². The third-order valence-corrected chi connectivity index (χ3v) is 3.27. The van der Waals surface area contributed by atoms with E-state index in [1.807, 2.05) is 51.9 Å². The van der Waals surface area contributed by atoms with Crippen LogP contribution < -0.4 is 5.32 Å². The van der Waals surface area contributed by atoms with Crippen molar-refractivity contribution in [3.63, 3.8) is 0 Å². The lowest BCUT2D eigenvalue weighted by Crippen LogP contribution is -2.19. The standard InChI is InChI=1S/C15H15N5/c16-10-14-13(12-19-7-2-1-4-15(14)19)11-17-6-9-20-8-3-5-18-20/h1-5,7-8,12,17H,6,9,11H2. The fraction of sp³-hybridized carbons (Fsp3) is 0.200. The maximum Gasteiger partial charge on any atom is 0.102 e. The molecule has 100 valence electrons. The molecule has 0 aliphatic carbocycles. The van der Waals surface area contributed by atoms with Crippen LogP contribution in [0.2, 0.25) is 0 Å². The van der Waals surface area contributed by atoms with Crippen molar-refractivity contribution in [2.45, 2.75) is 13.1 Å². The highest BCUT2D eigenvalue weighted by Gasteiger charge is 2.08. The number of nitriles is 1. The Kier molecular flexibility index (Phi) is 3.48. The lowest BCUT2D eigenvalue weighted by Gasteiger charge is -2.04. The summed E-state index contributed by atoms with van der Waals surface area (Å²) in [5, 5.41) is 16.8. The molecule has 0 unspecified atom stereocenters. The summed E-state index contributed by atoms with van der Waals surface area (Å²) >= 11 is 0. The number of nitrogens with zero attached hydrogens (tertiary/aromatic N) is 4. The minimum atomic E-state index is 0.686. The van der Waals surface area contributed by atoms with Gasteiger partial charge in [0.25, 0.3) is 0 Å². The lowest BCUT2D eigenvalue weighted by molar-refractivity contribution is 0.555. The lowest BCUT2D eigenvalue weighted by atomic mass is 10.2. The normalized spacial score (nSPS) is 10.8. The zero-order chi connectivity index (χ0) is 13.8. The number of nitrogens with one attached hydrogen (secondary N) is 1. The molecular formula is C15H15N5. The molecule has 0 saturated heterocycles. The second-order valence-corrected chi connectivity index (χ2v) is 4.58. The van der Waals surface area contributed by atoms with Gasteiger partial charge in [-0.3, -0.25) is 4.68 Å². The van der Waals surface area contributed by atoms with Gasteiger partial charge in [0.2, 0.25) is 0 Å². The number of pyridine rings is 1. The van der Waals surface area contributed by atoms with Gasteiger partial charge in [-0.25, -0.2) is 0 Å². The second-order valence-electron chi connectivity index (χ2n) is 4.58. The molecule has 1 N–H and O–H groups in total. The minimum Gasteiger partial charge on any atom is -0.322 e. The van der Waals surface area contributed by atoms with Gasteiger partial charge in [-0.05, 0) is 18.2 Å². The van der Waals surface area contributed by atoms with E-state index in [4.69, 9.17) is 0 Å². The molecule has 0 amide bonds. The van der Waals surface area contributed by atoms with Gasteiger partial charge >= 0.3 is 0 Å². The maximum absolute atomic E-state index is 9.31. The molecule has 0 bridgehead atoms. The molecule has 0 saturated carbocycles. The Hall–Kier alpha value is -2.58. The van der Waals surface area contributed by atoms with Gasteiger partial charge in [-0.15, -0.1) is 0 Å². The highest BCUT2D eigenvalue weighted by Crippen LogP contribution is 2.17. The molecule has 3 aromatic rings. The Labute approximate surface area is 117 Å². The Morgan fingerprint density at radius 3 is 3.00 bits per heavy atom. The van der Waals surface area contributed by atoms with E-state index in [9.17, 15) is 5.26 Å². The first kappa shape index (κ1) is 12.5. The van der Waals surface area contributed by atoms with E-state index < -0.39 is 0 Å². The molecule has 0 spiro atoms. The van der Waals surface area contributed by atoms with Gasteiger partial charge in [-0.2, -0.15) is 10.4 Å². The SMILES string of the molecule is N#Cc1c(CNCCn2cccn2)cn2ccccc12. The largest absolute Gasteiger partial charge is 0.322 e. The van der Waals surface area contributed by atoms with Crippen LogP contribution in [0.25, 0.3) is 5.52 Å². The monoisotopic (exact) mass is 265 g/mol. The van der Waals surface area contributed by atoms with Crippen LogP contribution in [-0.2, 0) is 13.1 Å². The Morgan fingerprint density at radius 2 is 2.20 bits per heavy atom. The second kappa shape index (κ2) is 5.59. The quantitative estimate of drug-likeness (QED) is 0.716. The van der Waals surface area contributed by atoms with Crippen molar-refractivity contribution in [3.05, 3.63) is 60.2 Å². The van der Waals surface area contributed by atoms with Crippen LogP contribution in [0.4, 0.5) is 0 Å². The smallest absolute Gasteiger partial charge is 0.102 e. The summed E-state index contributed by atoms with van der Waals surface area (Å²) in [5.41, 5.74) is 2.73. The highest BCUT2D eigenvalue weighted by molar-refractivity contribution is 5.65. The predicted molar refractivity (Wildman–Crippen MR) is 76.0 cm³/mol. The molecule has 0 aromatic carbocycles. The third kappa shape index (κ3) is 2.42. The van der Waals surface area contributed by atoms with Crippen LogP contribution in [0, 0.1) is 11.3 Å². The summed E-state index contributed by atoms with van der Waals surface area (Å²) in [7, 11) is 0. The molecule has 3 aromatic heterocycles. The fourth-order valence-electron chi connectivity index (χ4n) is 2.29. The Bertz CT molecular complexity index is 733. The van der Waals surface area contributed by atoms with E-state index in [0.29, 0.717) is 6.54 Å². The zero-order valence-corrected chi connectivity index (χ0v) is 11.0. The van der Waals surface area contributed by atoms with Crippen molar-refractivity contribution in [3.8, 4) is 6.07 Å². The molecule has 0 fully saturated rings. The summed E-state index contributed by atoms with van der Waals surface area (Å²) in [4.78, 5) is 0. The van der Waals surface area contributed by atoms with Gasteiger partial charge in [0.05, 0.1) is 17.6 Å². The summed E-state index contributed by atoms with van der Waals surface area (Å²) in [6, 6.07) is 10.1. The molecule has 0 radical (unpaired) electrons. The van der Waals surface area contributed by atoms with Crippen LogP contribution >= 0.6 is 0 Å². The molecule has 3 rings (SSSR count). The number of hydrogen-bond donors (Lipinski definition) is 1. The Balaban J connectivity index is 1.67. The minimum absolute atomic E-state index is 0.686. The van der Waals surface area contributed by atoms with Gasteiger partial charge in [0.1, 0.15) is 6.07 Å². The van der Waals surface area contributed by atoms with Crippen LogP contribution in [0.5, 0.6) is 0 Å². The van der Waals surface area contributed by atoms with E-state index in [1.165, 1.54) is 0 Å². The number of fused-ring (bicyclic) bond motifs is 1. The van der Waals surface area contributed by atoms with Crippen LogP contribution in [0.1, 0.15) is 11.1 Å². The van der Waals surface area contributed by atoms with E-state index >= 15 is 0 Å². The van der Waals surface area contributed by atoms with E-state index in [-0.39, 0.29) is 0 Å². The van der Waals surface area contributed by atoms with Gasteiger partial charge in [-0.1, -0.05) is 6.07 Å². The first-order valence-corrected chi connectivity index (χ1v) is 6.55. The average Bonchev–Trinajstić information content (AvgIpc) is 3.10. The van der Waals surface area contributed by atoms with Gasteiger partial charge < -0.3 is 9.72 Å². The van der Waals surface area contributed by atoms with E-state index in [1.54, 1.807) is 6.20 Å². The summed E-state index contributed by atoms with van der Waals surface area (Å²) in [6.07, 6.45) is 7.68. The van der Waals surface area contributed by atoms with Crippen molar-refractivity contribution in [1.29, 1.82) is 5.26 Å². The van der Waals surface area contributed by atoms with Crippen molar-refractivity contribution in [1.82, 2.24) is 19.5 Å². The predicted octanol–water partition coefficient (Wildman–Crippen LogP) is 1.80. The molecular weight excluding hydrogens is 250 g/mol. The van der Waals surface area contributed by atoms with E-state index in [0.717, 1.165) is 29.7 Å². The number of rotatable bonds is 5. The maximum atomic E-state index is 9.31. The third-order valence-electron chi connectivity index (χ3n) is 3.27. The Morgan fingerprint density at radius 1 is 1.25 bits per heavy atom. The van der Waals surface area contributed by atoms with E-state index in [2.05, 4.69) is 16.5 Å².